The Morgan fingerprint density at radius 1 is 1.33 bits per heavy atom. The summed E-state index contributed by atoms with van der Waals surface area (Å²) in [5.41, 5.74) is 3.67. The lowest BCUT2D eigenvalue weighted by atomic mass is 10.1. The van der Waals surface area contributed by atoms with Gasteiger partial charge in [0.25, 0.3) is 0 Å². The summed E-state index contributed by atoms with van der Waals surface area (Å²) in [5, 5.41) is 7.59. The second-order valence-electron chi connectivity index (χ2n) is 4.46. The SMILES string of the molecule is CNCCc1cc(-c2ccc(F)c(C)c2)nn1C. The molecule has 0 amide bonds. The number of nitrogens with one attached hydrogen (secondary N) is 1. The Hall–Kier alpha value is -1.68. The number of benzene rings is 1. The van der Waals surface area contributed by atoms with Gasteiger partial charge in [0.15, 0.2) is 0 Å². The van der Waals surface area contributed by atoms with E-state index >= 15 is 0 Å². The van der Waals surface area contributed by atoms with Gasteiger partial charge in [0.1, 0.15) is 5.82 Å². The Morgan fingerprint density at radius 3 is 2.78 bits per heavy atom. The molecule has 96 valence electrons. The molecule has 0 unspecified atom stereocenters. The maximum absolute atomic E-state index is 13.2. The molecule has 1 N–H and O–H groups in total. The van der Waals surface area contributed by atoms with Gasteiger partial charge < -0.3 is 5.32 Å². The molecule has 0 aliphatic heterocycles. The van der Waals surface area contributed by atoms with Crippen molar-refractivity contribution in [2.45, 2.75) is 13.3 Å². The van der Waals surface area contributed by atoms with Crippen LogP contribution >= 0.6 is 0 Å². The van der Waals surface area contributed by atoms with Crippen LogP contribution in [0.25, 0.3) is 11.3 Å². The molecule has 2 rings (SSSR count). The van der Waals surface area contributed by atoms with Gasteiger partial charge in [-0.15, -0.1) is 0 Å². The maximum atomic E-state index is 13.2. The van der Waals surface area contributed by atoms with Crippen molar-refractivity contribution >= 4 is 0 Å². The zero-order valence-corrected chi connectivity index (χ0v) is 11.0. The van der Waals surface area contributed by atoms with Gasteiger partial charge in [-0.3, -0.25) is 4.68 Å². The Kier molecular flexibility index (Phi) is 3.77. The summed E-state index contributed by atoms with van der Waals surface area (Å²) in [6.45, 7) is 2.69. The minimum absolute atomic E-state index is 0.176. The Morgan fingerprint density at radius 2 is 2.11 bits per heavy atom. The van der Waals surface area contributed by atoms with Gasteiger partial charge in [-0.05, 0) is 43.8 Å². The predicted octanol–water partition coefficient (Wildman–Crippen LogP) is 2.30. The van der Waals surface area contributed by atoms with Crippen molar-refractivity contribution in [3.63, 3.8) is 0 Å². The van der Waals surface area contributed by atoms with Crippen LogP contribution in [0.1, 0.15) is 11.3 Å². The Bertz CT molecular complexity index is 546. The second-order valence-corrected chi connectivity index (χ2v) is 4.46. The number of halogens is 1. The standard InChI is InChI=1S/C14H18FN3/c1-10-8-11(4-5-13(10)15)14-9-12(6-7-16-2)18(3)17-14/h4-5,8-9,16H,6-7H2,1-3H3. The zero-order chi connectivity index (χ0) is 13.1. The molecule has 0 atom stereocenters. The van der Waals surface area contributed by atoms with Crippen molar-refractivity contribution in [2.75, 3.05) is 13.6 Å². The third-order valence-electron chi connectivity index (χ3n) is 3.06. The van der Waals surface area contributed by atoms with E-state index in [1.165, 1.54) is 11.8 Å². The number of aromatic nitrogens is 2. The summed E-state index contributed by atoms with van der Waals surface area (Å²) in [6, 6.07) is 7.16. The first-order chi connectivity index (χ1) is 8.61. The van der Waals surface area contributed by atoms with Gasteiger partial charge in [-0.25, -0.2) is 4.39 Å². The topological polar surface area (TPSA) is 29.9 Å². The van der Waals surface area contributed by atoms with Gasteiger partial charge in [-0.1, -0.05) is 0 Å². The maximum Gasteiger partial charge on any atom is 0.126 e. The molecule has 0 aliphatic rings. The van der Waals surface area contributed by atoms with Crippen molar-refractivity contribution in [3.05, 3.63) is 41.3 Å². The molecule has 0 spiro atoms. The molecular formula is C14H18FN3. The number of nitrogens with zero attached hydrogens (tertiary/aromatic N) is 2. The van der Waals surface area contributed by atoms with Gasteiger partial charge in [0.05, 0.1) is 5.69 Å². The molecule has 0 saturated carbocycles. The van der Waals surface area contributed by atoms with Gasteiger partial charge in [0.2, 0.25) is 0 Å². The molecule has 4 heteroatoms. The zero-order valence-electron chi connectivity index (χ0n) is 11.0. The second kappa shape index (κ2) is 5.31. The van der Waals surface area contributed by atoms with E-state index < -0.39 is 0 Å². The average molecular weight is 247 g/mol. The third-order valence-corrected chi connectivity index (χ3v) is 3.06. The van der Waals surface area contributed by atoms with Gasteiger partial charge in [-0.2, -0.15) is 5.10 Å². The van der Waals surface area contributed by atoms with Crippen LogP contribution in [0.15, 0.2) is 24.3 Å². The molecule has 3 nitrogen and oxygen atoms in total. The first kappa shape index (κ1) is 12.8. The first-order valence-electron chi connectivity index (χ1n) is 6.06. The van der Waals surface area contributed by atoms with E-state index in [4.69, 9.17) is 0 Å². The average Bonchev–Trinajstić information content (AvgIpc) is 2.72. The minimum atomic E-state index is -0.176. The number of hydrogen-bond acceptors (Lipinski definition) is 2. The van der Waals surface area contributed by atoms with Crippen molar-refractivity contribution < 1.29 is 4.39 Å². The van der Waals surface area contributed by atoms with Crippen molar-refractivity contribution in [1.82, 2.24) is 15.1 Å². The molecule has 1 heterocycles. The predicted molar refractivity (Wildman–Crippen MR) is 71.0 cm³/mol. The molecular weight excluding hydrogens is 229 g/mol. The van der Waals surface area contributed by atoms with E-state index in [9.17, 15) is 4.39 Å². The molecule has 1 aromatic carbocycles. The van der Waals surface area contributed by atoms with Crippen LogP contribution < -0.4 is 5.32 Å². The lowest BCUT2D eigenvalue weighted by Gasteiger charge is -1.99. The van der Waals surface area contributed by atoms with Crippen LogP contribution in [0, 0.1) is 12.7 Å². The lowest BCUT2D eigenvalue weighted by Crippen LogP contribution is -2.12. The van der Waals surface area contributed by atoms with Crippen molar-refractivity contribution in [1.29, 1.82) is 0 Å². The fraction of sp³-hybridized carbons (Fsp3) is 0.357. The van der Waals surface area contributed by atoms with Crippen LogP contribution in [0.2, 0.25) is 0 Å². The fourth-order valence-corrected chi connectivity index (χ4v) is 1.94. The Balaban J connectivity index is 2.30. The minimum Gasteiger partial charge on any atom is -0.319 e. The largest absolute Gasteiger partial charge is 0.319 e. The van der Waals surface area contributed by atoms with E-state index in [0.717, 1.165) is 24.2 Å². The number of likely N-dealkylation sites (N-methyl/N-ethyl adjacent to an activating group) is 1. The van der Waals surface area contributed by atoms with Crippen LogP contribution in [-0.4, -0.2) is 23.4 Å². The molecule has 0 fully saturated rings. The summed E-state index contributed by atoms with van der Waals surface area (Å²) in [4.78, 5) is 0. The lowest BCUT2D eigenvalue weighted by molar-refractivity contribution is 0.618. The highest BCUT2D eigenvalue weighted by molar-refractivity contribution is 5.60. The molecule has 0 bridgehead atoms. The van der Waals surface area contributed by atoms with E-state index in [-0.39, 0.29) is 5.82 Å². The van der Waals surface area contributed by atoms with Crippen LogP contribution in [-0.2, 0) is 13.5 Å². The highest BCUT2D eigenvalue weighted by atomic mass is 19.1. The molecule has 1 aromatic heterocycles. The number of hydrogen-bond donors (Lipinski definition) is 1. The molecule has 0 aliphatic carbocycles. The normalized spacial score (nSPS) is 10.9. The summed E-state index contributed by atoms with van der Waals surface area (Å²) in [6.07, 6.45) is 0.931. The van der Waals surface area contributed by atoms with Crippen LogP contribution in [0.5, 0.6) is 0 Å². The summed E-state index contributed by atoms with van der Waals surface area (Å²) >= 11 is 0. The monoisotopic (exact) mass is 247 g/mol. The molecule has 0 radical (unpaired) electrons. The highest BCUT2D eigenvalue weighted by Crippen LogP contribution is 2.21. The van der Waals surface area contributed by atoms with Crippen LogP contribution in [0.3, 0.4) is 0 Å². The van der Waals surface area contributed by atoms with E-state index in [2.05, 4.69) is 16.5 Å². The Labute approximate surface area is 107 Å². The summed E-state index contributed by atoms with van der Waals surface area (Å²) in [7, 11) is 3.87. The quantitative estimate of drug-likeness (QED) is 0.898. The van der Waals surface area contributed by atoms with E-state index in [1.54, 1.807) is 13.0 Å². The van der Waals surface area contributed by atoms with E-state index in [1.807, 2.05) is 24.8 Å². The third kappa shape index (κ3) is 2.59. The molecule has 2 aromatic rings. The summed E-state index contributed by atoms with van der Waals surface area (Å²) < 4.78 is 15.1. The van der Waals surface area contributed by atoms with Crippen LogP contribution in [0.4, 0.5) is 4.39 Å². The molecule has 18 heavy (non-hydrogen) atoms. The highest BCUT2D eigenvalue weighted by Gasteiger charge is 2.08. The first-order valence-corrected chi connectivity index (χ1v) is 6.06. The van der Waals surface area contributed by atoms with Crippen molar-refractivity contribution in [3.8, 4) is 11.3 Å². The van der Waals surface area contributed by atoms with Gasteiger partial charge in [0, 0.05) is 31.3 Å². The number of aryl methyl sites for hydroxylation is 2. The smallest absolute Gasteiger partial charge is 0.126 e. The summed E-state index contributed by atoms with van der Waals surface area (Å²) in [5.74, 6) is -0.176. The molecule has 0 saturated heterocycles. The van der Waals surface area contributed by atoms with Gasteiger partial charge >= 0.3 is 0 Å². The number of rotatable bonds is 4. The van der Waals surface area contributed by atoms with Crippen molar-refractivity contribution in [2.24, 2.45) is 7.05 Å². The van der Waals surface area contributed by atoms with E-state index in [0.29, 0.717) is 5.56 Å². The fourth-order valence-electron chi connectivity index (χ4n) is 1.94.